The summed E-state index contributed by atoms with van der Waals surface area (Å²) in [4.78, 5) is 30.1. The van der Waals surface area contributed by atoms with Crippen molar-refractivity contribution in [3.63, 3.8) is 0 Å². The minimum absolute atomic E-state index is 0.0988. The van der Waals surface area contributed by atoms with Crippen LogP contribution >= 0.6 is 0 Å². The molecule has 0 aromatic carbocycles. The van der Waals surface area contributed by atoms with E-state index in [4.69, 9.17) is 0 Å². The second-order valence-electron chi connectivity index (χ2n) is 7.02. The molecule has 11 heteroatoms. The summed E-state index contributed by atoms with van der Waals surface area (Å²) in [6, 6.07) is 0.713. The Morgan fingerprint density at radius 3 is 2.70 bits per heavy atom. The fourth-order valence-electron chi connectivity index (χ4n) is 3.33. The molecule has 0 radical (unpaired) electrons. The van der Waals surface area contributed by atoms with Crippen LogP contribution in [0.15, 0.2) is 12.3 Å². The van der Waals surface area contributed by atoms with Gasteiger partial charge in [0.2, 0.25) is 18.3 Å². The van der Waals surface area contributed by atoms with Crippen molar-refractivity contribution >= 4 is 18.3 Å². The van der Waals surface area contributed by atoms with E-state index in [1.165, 1.54) is 0 Å². The largest absolute Gasteiger partial charge is 0.433 e. The van der Waals surface area contributed by atoms with E-state index in [2.05, 4.69) is 20.8 Å². The van der Waals surface area contributed by atoms with E-state index in [1.54, 1.807) is 0 Å². The highest BCUT2D eigenvalue weighted by molar-refractivity contribution is 5.80. The molecule has 0 saturated heterocycles. The van der Waals surface area contributed by atoms with Crippen molar-refractivity contribution in [2.45, 2.75) is 45.2 Å². The van der Waals surface area contributed by atoms with Gasteiger partial charge in [0.1, 0.15) is 5.69 Å². The number of hydrogen-bond acceptors (Lipinski definition) is 6. The molecular formula is C16H22F3N5O3. The molecule has 0 spiro atoms. The number of hydrazine groups is 1. The van der Waals surface area contributed by atoms with Gasteiger partial charge in [0.05, 0.1) is 12.5 Å². The number of carbonyl (C=O) groups is 2. The predicted octanol–water partition coefficient (Wildman–Crippen LogP) is 2.37. The number of carbonyl (C=O) groups excluding carboxylic acids is 2. The number of halogens is 3. The van der Waals surface area contributed by atoms with Gasteiger partial charge < -0.3 is 0 Å². The van der Waals surface area contributed by atoms with Gasteiger partial charge in [-0.05, 0) is 30.7 Å². The van der Waals surface area contributed by atoms with Crippen LogP contribution in [0.1, 0.15) is 44.7 Å². The molecule has 1 saturated carbocycles. The van der Waals surface area contributed by atoms with Crippen molar-refractivity contribution in [2.75, 3.05) is 12.0 Å². The van der Waals surface area contributed by atoms with Crippen molar-refractivity contribution < 1.29 is 28.0 Å². The highest BCUT2D eigenvalue weighted by atomic mass is 19.4. The summed E-state index contributed by atoms with van der Waals surface area (Å²) in [6.07, 6.45) is 0.833. The Labute approximate surface area is 154 Å². The Morgan fingerprint density at radius 2 is 2.11 bits per heavy atom. The number of hydroxylamine groups is 2. The quantitative estimate of drug-likeness (QED) is 0.358. The Hall–Kier alpha value is -2.43. The lowest BCUT2D eigenvalue weighted by Crippen LogP contribution is -2.42. The van der Waals surface area contributed by atoms with Crippen molar-refractivity contribution in [3.05, 3.63) is 18.0 Å². The van der Waals surface area contributed by atoms with Crippen LogP contribution in [0.25, 0.3) is 0 Å². The number of hydrogen-bond donors (Lipinski definition) is 3. The maximum Gasteiger partial charge on any atom is 0.433 e. The van der Waals surface area contributed by atoms with Gasteiger partial charge in [-0.1, -0.05) is 19.8 Å². The molecule has 27 heavy (non-hydrogen) atoms. The van der Waals surface area contributed by atoms with Gasteiger partial charge in [-0.15, -0.1) is 0 Å². The third-order valence-electron chi connectivity index (χ3n) is 4.69. The molecule has 1 aromatic heterocycles. The molecule has 1 heterocycles. The average molecular weight is 389 g/mol. The SMILES string of the molecule is CC1(CC(CN(O)C=O)C(=O)NNc2nccc(C(F)(F)F)n2)CCCC1. The van der Waals surface area contributed by atoms with Gasteiger partial charge in [0, 0.05) is 6.20 Å². The lowest BCUT2D eigenvalue weighted by molar-refractivity contribution is -0.155. The minimum Gasteiger partial charge on any atom is -0.286 e. The van der Waals surface area contributed by atoms with Crippen LogP contribution in [0.5, 0.6) is 0 Å². The summed E-state index contributed by atoms with van der Waals surface area (Å²) < 4.78 is 38.0. The van der Waals surface area contributed by atoms with Gasteiger partial charge in [-0.25, -0.2) is 15.0 Å². The molecule has 1 aliphatic carbocycles. The van der Waals surface area contributed by atoms with E-state index in [-0.39, 0.29) is 18.4 Å². The third-order valence-corrected chi connectivity index (χ3v) is 4.69. The minimum atomic E-state index is -4.63. The molecule has 0 aliphatic heterocycles. The number of nitrogens with one attached hydrogen (secondary N) is 2. The normalized spacial score (nSPS) is 17.2. The van der Waals surface area contributed by atoms with Crippen LogP contribution in [0.3, 0.4) is 0 Å². The first-order valence-corrected chi connectivity index (χ1v) is 8.50. The van der Waals surface area contributed by atoms with Crippen LogP contribution in [0.4, 0.5) is 19.1 Å². The van der Waals surface area contributed by atoms with E-state index >= 15 is 0 Å². The molecule has 1 aliphatic rings. The van der Waals surface area contributed by atoms with Crippen LogP contribution in [0.2, 0.25) is 0 Å². The standard InChI is InChI=1S/C16H22F3N5O3/c1-15(5-2-3-6-15)8-11(9-24(27)10-25)13(26)22-23-14-20-7-4-12(21-14)16(17,18)19/h4,7,10-11,27H,2-3,5-6,8-9H2,1H3,(H,22,26)(H,20,21,23). The lowest BCUT2D eigenvalue weighted by atomic mass is 9.79. The molecule has 1 aromatic rings. The van der Waals surface area contributed by atoms with Gasteiger partial charge >= 0.3 is 6.18 Å². The lowest BCUT2D eigenvalue weighted by Gasteiger charge is -2.29. The molecule has 2 amide bonds. The zero-order valence-electron chi connectivity index (χ0n) is 14.8. The number of rotatable bonds is 8. The summed E-state index contributed by atoms with van der Waals surface area (Å²) in [6.45, 7) is 1.81. The molecule has 1 atom stereocenters. The molecule has 1 fully saturated rings. The first-order valence-electron chi connectivity index (χ1n) is 8.50. The van der Waals surface area contributed by atoms with Gasteiger partial charge in [-0.3, -0.25) is 25.6 Å². The van der Waals surface area contributed by atoms with Crippen LogP contribution < -0.4 is 10.9 Å². The number of alkyl halides is 3. The molecule has 0 bridgehead atoms. The van der Waals surface area contributed by atoms with E-state index in [0.717, 1.165) is 31.9 Å². The smallest absolute Gasteiger partial charge is 0.286 e. The van der Waals surface area contributed by atoms with Gasteiger partial charge in [0.25, 0.3) is 0 Å². The molecule has 2 rings (SSSR count). The Morgan fingerprint density at radius 1 is 1.44 bits per heavy atom. The zero-order chi connectivity index (χ0) is 20.1. The highest BCUT2D eigenvalue weighted by Crippen LogP contribution is 2.42. The van der Waals surface area contributed by atoms with E-state index in [9.17, 15) is 28.0 Å². The van der Waals surface area contributed by atoms with Gasteiger partial charge in [0.15, 0.2) is 0 Å². The van der Waals surface area contributed by atoms with Crippen LogP contribution in [0, 0.1) is 11.3 Å². The van der Waals surface area contributed by atoms with E-state index < -0.39 is 29.6 Å². The zero-order valence-corrected chi connectivity index (χ0v) is 14.8. The fourth-order valence-corrected chi connectivity index (χ4v) is 3.33. The molecule has 3 N–H and O–H groups in total. The summed E-state index contributed by atoms with van der Waals surface area (Å²) in [5.41, 5.74) is 3.27. The second-order valence-corrected chi connectivity index (χ2v) is 7.02. The molecular weight excluding hydrogens is 367 g/mol. The monoisotopic (exact) mass is 389 g/mol. The average Bonchev–Trinajstić information content (AvgIpc) is 3.04. The van der Waals surface area contributed by atoms with Gasteiger partial charge in [-0.2, -0.15) is 13.2 Å². The summed E-state index contributed by atoms with van der Waals surface area (Å²) in [5, 5.41) is 9.84. The Balaban J connectivity index is 2.03. The maximum atomic E-state index is 12.7. The highest BCUT2D eigenvalue weighted by Gasteiger charge is 2.35. The molecule has 150 valence electrons. The van der Waals surface area contributed by atoms with Crippen molar-refractivity contribution in [2.24, 2.45) is 11.3 Å². The van der Waals surface area contributed by atoms with Crippen molar-refractivity contribution in [3.8, 4) is 0 Å². The van der Waals surface area contributed by atoms with E-state index in [0.29, 0.717) is 17.6 Å². The van der Waals surface area contributed by atoms with Crippen molar-refractivity contribution in [1.82, 2.24) is 20.5 Å². The third kappa shape index (κ3) is 6.05. The van der Waals surface area contributed by atoms with E-state index in [1.807, 2.05) is 6.92 Å². The summed E-state index contributed by atoms with van der Waals surface area (Å²) >= 11 is 0. The second kappa shape index (κ2) is 8.51. The summed E-state index contributed by atoms with van der Waals surface area (Å²) in [5.74, 6) is -1.74. The number of amides is 2. The number of anilines is 1. The molecule has 1 unspecified atom stereocenters. The maximum absolute atomic E-state index is 12.7. The topological polar surface area (TPSA) is 107 Å². The van der Waals surface area contributed by atoms with Crippen LogP contribution in [-0.4, -0.2) is 39.1 Å². The Bertz CT molecular complexity index is 665. The number of aromatic nitrogens is 2. The van der Waals surface area contributed by atoms with Crippen LogP contribution in [-0.2, 0) is 15.8 Å². The first-order chi connectivity index (χ1) is 12.6. The fraction of sp³-hybridized carbons (Fsp3) is 0.625. The predicted molar refractivity (Wildman–Crippen MR) is 88.0 cm³/mol. The Kier molecular flexibility index (Phi) is 6.58. The first kappa shape index (κ1) is 20.9. The summed E-state index contributed by atoms with van der Waals surface area (Å²) in [7, 11) is 0. The van der Waals surface area contributed by atoms with Crippen molar-refractivity contribution in [1.29, 1.82) is 0 Å². The molecule has 8 nitrogen and oxygen atoms in total. The number of nitrogens with zero attached hydrogens (tertiary/aromatic N) is 3.